The molecule has 1 unspecified atom stereocenters. The van der Waals surface area contributed by atoms with Crippen molar-refractivity contribution in [3.63, 3.8) is 0 Å². The van der Waals surface area contributed by atoms with Crippen LogP contribution in [-0.4, -0.2) is 16.0 Å². The molecule has 2 N–H and O–H groups in total. The number of benzene rings is 2. The van der Waals surface area contributed by atoms with Gasteiger partial charge in [0.25, 0.3) is 5.69 Å². The lowest BCUT2D eigenvalue weighted by atomic mass is 10.1. The van der Waals surface area contributed by atoms with Gasteiger partial charge < -0.3 is 10.4 Å². The van der Waals surface area contributed by atoms with Crippen LogP contribution in [0.25, 0.3) is 0 Å². The van der Waals surface area contributed by atoms with Crippen molar-refractivity contribution in [2.75, 3.05) is 5.32 Å². The lowest BCUT2D eigenvalue weighted by molar-refractivity contribution is -0.385. The summed E-state index contributed by atoms with van der Waals surface area (Å²) in [5, 5.41) is 22.3. The van der Waals surface area contributed by atoms with Crippen LogP contribution in [0, 0.1) is 15.9 Å². The highest BCUT2D eigenvalue weighted by Gasteiger charge is 2.21. The predicted molar refractivity (Wildman–Crippen MR) is 73.5 cm³/mol. The number of hydrogen-bond donors (Lipinski definition) is 2. The van der Waals surface area contributed by atoms with Crippen molar-refractivity contribution in [2.24, 2.45) is 0 Å². The van der Waals surface area contributed by atoms with Crippen molar-refractivity contribution in [1.29, 1.82) is 0 Å². The van der Waals surface area contributed by atoms with Crippen LogP contribution in [0.5, 0.6) is 0 Å². The molecule has 0 fully saturated rings. The van der Waals surface area contributed by atoms with Gasteiger partial charge in [0.15, 0.2) is 11.9 Å². The second kappa shape index (κ2) is 6.00. The van der Waals surface area contributed by atoms with Crippen molar-refractivity contribution in [2.45, 2.75) is 6.04 Å². The number of halogens is 1. The molecule has 0 saturated carbocycles. The number of carboxylic acids is 1. The number of nitrogens with one attached hydrogen (secondary N) is 1. The lowest BCUT2D eigenvalue weighted by Crippen LogP contribution is -2.21. The van der Waals surface area contributed by atoms with E-state index in [2.05, 4.69) is 5.32 Å². The molecule has 7 heteroatoms. The maximum atomic E-state index is 13.8. The summed E-state index contributed by atoms with van der Waals surface area (Å²) >= 11 is 0. The maximum Gasteiger partial charge on any atom is 0.330 e. The number of nitrogens with zero attached hydrogens (tertiary/aromatic N) is 1. The maximum absolute atomic E-state index is 13.8. The zero-order valence-corrected chi connectivity index (χ0v) is 10.7. The molecule has 0 aromatic heterocycles. The fourth-order valence-electron chi connectivity index (χ4n) is 1.82. The summed E-state index contributed by atoms with van der Waals surface area (Å²) in [4.78, 5) is 21.1. The minimum atomic E-state index is -1.18. The van der Waals surface area contributed by atoms with Crippen LogP contribution in [0.15, 0.2) is 48.5 Å². The second-order valence-electron chi connectivity index (χ2n) is 4.25. The summed E-state index contributed by atoms with van der Waals surface area (Å²) < 4.78 is 13.8. The molecule has 2 rings (SSSR count). The molecule has 0 bridgehead atoms. The summed E-state index contributed by atoms with van der Waals surface area (Å²) in [5.74, 6) is -2.06. The van der Waals surface area contributed by atoms with E-state index in [0.717, 1.165) is 18.2 Å². The summed E-state index contributed by atoms with van der Waals surface area (Å²) in [5.41, 5.74) is -0.0655. The Morgan fingerprint density at radius 3 is 2.43 bits per heavy atom. The van der Waals surface area contributed by atoms with Gasteiger partial charge in [-0.05, 0) is 11.6 Å². The number of carboxylic acid groups (broad SMARTS) is 1. The number of non-ortho nitro benzene ring substituents is 1. The molecule has 0 heterocycles. The molecule has 21 heavy (non-hydrogen) atoms. The molecule has 0 saturated heterocycles. The average Bonchev–Trinajstić information content (AvgIpc) is 2.46. The molecule has 2 aromatic rings. The third kappa shape index (κ3) is 3.33. The molecule has 108 valence electrons. The number of nitro benzene ring substituents is 1. The Bertz CT molecular complexity index is 676. The minimum Gasteiger partial charge on any atom is -0.479 e. The average molecular weight is 290 g/mol. The van der Waals surface area contributed by atoms with Gasteiger partial charge >= 0.3 is 5.97 Å². The Hall–Kier alpha value is -2.96. The molecule has 6 nitrogen and oxygen atoms in total. The zero-order chi connectivity index (χ0) is 15.4. The molecule has 2 aromatic carbocycles. The molecule has 0 aliphatic carbocycles. The van der Waals surface area contributed by atoms with Crippen molar-refractivity contribution in [3.8, 4) is 0 Å². The zero-order valence-electron chi connectivity index (χ0n) is 10.7. The first-order chi connectivity index (χ1) is 9.99. The van der Waals surface area contributed by atoms with Crippen molar-refractivity contribution in [3.05, 3.63) is 70.0 Å². The predicted octanol–water partition coefficient (Wildman–Crippen LogP) is 2.97. The number of nitro groups is 1. The van der Waals surface area contributed by atoms with Gasteiger partial charge in [-0.2, -0.15) is 0 Å². The van der Waals surface area contributed by atoms with E-state index in [-0.39, 0.29) is 5.69 Å². The summed E-state index contributed by atoms with van der Waals surface area (Å²) in [6.07, 6.45) is 0. The largest absolute Gasteiger partial charge is 0.479 e. The third-order valence-corrected chi connectivity index (χ3v) is 2.84. The van der Waals surface area contributed by atoms with E-state index >= 15 is 0 Å². The standard InChI is InChI=1S/C14H11FN2O4/c15-11-8-10(17(20)21)6-7-12(11)16-13(14(18)19)9-4-2-1-3-5-9/h1-8,13,16H,(H,18,19). The Kier molecular flexibility index (Phi) is 4.13. The Labute approximate surface area is 119 Å². The highest BCUT2D eigenvalue weighted by molar-refractivity contribution is 5.79. The van der Waals surface area contributed by atoms with Gasteiger partial charge in [0.2, 0.25) is 0 Å². The fraction of sp³-hybridized carbons (Fsp3) is 0.0714. The van der Waals surface area contributed by atoms with Crippen molar-refractivity contribution in [1.82, 2.24) is 0 Å². The Morgan fingerprint density at radius 1 is 1.24 bits per heavy atom. The number of anilines is 1. The van der Waals surface area contributed by atoms with Gasteiger partial charge in [-0.1, -0.05) is 30.3 Å². The highest BCUT2D eigenvalue weighted by atomic mass is 19.1. The van der Waals surface area contributed by atoms with Gasteiger partial charge in [-0.25, -0.2) is 9.18 Å². The molecular weight excluding hydrogens is 279 g/mol. The van der Waals surface area contributed by atoms with Crippen molar-refractivity contribution < 1.29 is 19.2 Å². The molecule has 1 atom stereocenters. The van der Waals surface area contributed by atoms with Crippen LogP contribution in [0.3, 0.4) is 0 Å². The number of rotatable bonds is 5. The number of carbonyl (C=O) groups is 1. The molecule has 0 aliphatic heterocycles. The van der Waals surface area contributed by atoms with E-state index in [0.29, 0.717) is 5.56 Å². The van der Waals surface area contributed by atoms with Crippen LogP contribution in [0.4, 0.5) is 15.8 Å². The highest BCUT2D eigenvalue weighted by Crippen LogP contribution is 2.25. The monoisotopic (exact) mass is 290 g/mol. The molecular formula is C14H11FN2O4. The number of hydrogen-bond acceptors (Lipinski definition) is 4. The van der Waals surface area contributed by atoms with Crippen LogP contribution in [0.1, 0.15) is 11.6 Å². The van der Waals surface area contributed by atoms with Crippen LogP contribution < -0.4 is 5.32 Å². The first-order valence-corrected chi connectivity index (χ1v) is 5.97. The van der Waals surface area contributed by atoms with Gasteiger partial charge in [-0.3, -0.25) is 10.1 Å². The quantitative estimate of drug-likeness (QED) is 0.652. The fourth-order valence-corrected chi connectivity index (χ4v) is 1.82. The van der Waals surface area contributed by atoms with E-state index in [9.17, 15) is 24.4 Å². The van der Waals surface area contributed by atoms with E-state index in [1.165, 1.54) is 0 Å². The van der Waals surface area contributed by atoms with Crippen molar-refractivity contribution >= 4 is 17.3 Å². The summed E-state index contributed by atoms with van der Waals surface area (Å²) in [6.45, 7) is 0. The third-order valence-electron chi connectivity index (χ3n) is 2.84. The second-order valence-corrected chi connectivity index (χ2v) is 4.25. The first-order valence-electron chi connectivity index (χ1n) is 5.97. The van der Waals surface area contributed by atoms with Gasteiger partial charge in [0.05, 0.1) is 16.7 Å². The number of aliphatic carboxylic acids is 1. The van der Waals surface area contributed by atoms with E-state index in [1.807, 2.05) is 0 Å². The first kappa shape index (κ1) is 14.4. The molecule has 0 amide bonds. The van der Waals surface area contributed by atoms with Crippen LogP contribution in [0.2, 0.25) is 0 Å². The molecule has 0 spiro atoms. The minimum absolute atomic E-state index is 0.114. The Morgan fingerprint density at radius 2 is 1.90 bits per heavy atom. The van der Waals surface area contributed by atoms with Gasteiger partial charge in [0.1, 0.15) is 0 Å². The molecule has 0 radical (unpaired) electrons. The van der Waals surface area contributed by atoms with E-state index in [4.69, 9.17) is 0 Å². The normalized spacial score (nSPS) is 11.7. The Balaban J connectivity index is 2.30. The topological polar surface area (TPSA) is 92.5 Å². The van der Waals surface area contributed by atoms with Crippen LogP contribution >= 0.6 is 0 Å². The van der Waals surface area contributed by atoms with Gasteiger partial charge in [0, 0.05) is 6.07 Å². The van der Waals surface area contributed by atoms with E-state index < -0.39 is 28.4 Å². The van der Waals surface area contributed by atoms with Crippen LogP contribution in [-0.2, 0) is 4.79 Å². The summed E-state index contributed by atoms with van der Waals surface area (Å²) in [7, 11) is 0. The smallest absolute Gasteiger partial charge is 0.330 e. The summed E-state index contributed by atoms with van der Waals surface area (Å²) in [6, 6.07) is 10.1. The van der Waals surface area contributed by atoms with E-state index in [1.54, 1.807) is 30.3 Å². The molecule has 0 aliphatic rings. The lowest BCUT2D eigenvalue weighted by Gasteiger charge is -2.16. The SMILES string of the molecule is O=C(O)C(Nc1ccc([N+](=O)[O-])cc1F)c1ccccc1. The van der Waals surface area contributed by atoms with Gasteiger partial charge in [-0.15, -0.1) is 0 Å².